The standard InChI is InChI=1S/C26H27N5O3S/c1-18-9-10-21(35-34-14-6-13-33-2)17-22(18)20-11-12-27-23(16-20)29-26(32)25-28-24(30-31-25)15-19-7-4-3-5-8-19/h3-5,7-12,16-17H,6,13-15H2,1-2H3,(H,27,29,32)(H,28,30,31). The number of H-pyrrole nitrogens is 1. The summed E-state index contributed by atoms with van der Waals surface area (Å²) in [4.78, 5) is 21.0. The van der Waals surface area contributed by atoms with E-state index in [0.29, 0.717) is 31.3 Å². The molecule has 0 aliphatic rings. The first-order chi connectivity index (χ1) is 17.1. The summed E-state index contributed by atoms with van der Waals surface area (Å²) in [5.74, 6) is 0.800. The van der Waals surface area contributed by atoms with Crippen molar-refractivity contribution in [2.45, 2.75) is 24.7 Å². The van der Waals surface area contributed by atoms with Crippen molar-refractivity contribution in [2.75, 3.05) is 25.6 Å². The number of nitrogens with one attached hydrogen (secondary N) is 2. The number of carbonyl (C=O) groups excluding carboxylic acids is 1. The minimum absolute atomic E-state index is 0.142. The van der Waals surface area contributed by atoms with Crippen LogP contribution in [0.5, 0.6) is 0 Å². The molecule has 2 heterocycles. The number of rotatable bonds is 11. The van der Waals surface area contributed by atoms with E-state index in [1.165, 1.54) is 12.0 Å². The van der Waals surface area contributed by atoms with Crippen LogP contribution in [0.4, 0.5) is 5.82 Å². The van der Waals surface area contributed by atoms with Gasteiger partial charge < -0.3 is 19.2 Å². The maximum Gasteiger partial charge on any atom is 0.294 e. The molecule has 2 aromatic heterocycles. The van der Waals surface area contributed by atoms with Gasteiger partial charge in [-0.3, -0.25) is 4.79 Å². The topological polar surface area (TPSA) is 102 Å². The van der Waals surface area contributed by atoms with Crippen LogP contribution in [0.3, 0.4) is 0 Å². The minimum atomic E-state index is -0.396. The van der Waals surface area contributed by atoms with Gasteiger partial charge in [0, 0.05) is 43.3 Å². The molecular formula is C26H27N5O3S. The minimum Gasteiger partial charge on any atom is -0.385 e. The molecule has 2 aromatic carbocycles. The summed E-state index contributed by atoms with van der Waals surface area (Å²) in [5, 5.41) is 10.9. The molecule has 0 aliphatic heterocycles. The number of carbonyl (C=O) groups is 1. The second kappa shape index (κ2) is 12.3. The summed E-state index contributed by atoms with van der Waals surface area (Å²) in [5.41, 5.74) is 4.18. The Hall–Kier alpha value is -3.53. The molecule has 0 aliphatic carbocycles. The second-order valence-corrected chi connectivity index (χ2v) is 8.77. The Morgan fingerprint density at radius 1 is 1.06 bits per heavy atom. The molecule has 4 rings (SSSR count). The fourth-order valence-corrected chi connectivity index (χ4v) is 4.07. The highest BCUT2D eigenvalue weighted by Gasteiger charge is 2.14. The van der Waals surface area contributed by atoms with E-state index < -0.39 is 5.91 Å². The lowest BCUT2D eigenvalue weighted by atomic mass is 10.0. The Morgan fingerprint density at radius 2 is 1.91 bits per heavy atom. The Bertz CT molecular complexity index is 1260. The average molecular weight is 490 g/mol. The van der Waals surface area contributed by atoms with Gasteiger partial charge in [0.1, 0.15) is 11.6 Å². The molecule has 0 spiro atoms. The normalized spacial score (nSPS) is 10.9. The molecule has 0 atom stereocenters. The van der Waals surface area contributed by atoms with Crippen LogP contribution in [0, 0.1) is 6.92 Å². The third kappa shape index (κ3) is 6.98. The number of hydrogen-bond acceptors (Lipinski definition) is 7. The van der Waals surface area contributed by atoms with Gasteiger partial charge in [0.25, 0.3) is 5.91 Å². The molecule has 8 nitrogen and oxygen atoms in total. The average Bonchev–Trinajstić information content (AvgIpc) is 3.34. The molecule has 4 aromatic rings. The number of anilines is 1. The number of pyridine rings is 1. The van der Waals surface area contributed by atoms with Crippen LogP contribution >= 0.6 is 12.0 Å². The Kier molecular flexibility index (Phi) is 8.61. The van der Waals surface area contributed by atoms with Crippen molar-refractivity contribution in [3.63, 3.8) is 0 Å². The molecule has 0 radical (unpaired) electrons. The van der Waals surface area contributed by atoms with Crippen LogP contribution in [0.1, 0.15) is 34.0 Å². The van der Waals surface area contributed by atoms with Crippen LogP contribution in [-0.2, 0) is 15.3 Å². The molecule has 0 unspecified atom stereocenters. The summed E-state index contributed by atoms with van der Waals surface area (Å²) in [7, 11) is 1.68. The van der Waals surface area contributed by atoms with Crippen molar-refractivity contribution < 1.29 is 13.7 Å². The Morgan fingerprint density at radius 3 is 2.74 bits per heavy atom. The predicted molar refractivity (Wildman–Crippen MR) is 136 cm³/mol. The molecule has 0 fully saturated rings. The molecule has 1 amide bonds. The number of benzene rings is 2. The van der Waals surface area contributed by atoms with Crippen molar-refractivity contribution in [1.82, 2.24) is 20.2 Å². The summed E-state index contributed by atoms with van der Waals surface area (Å²) < 4.78 is 10.7. The van der Waals surface area contributed by atoms with Gasteiger partial charge >= 0.3 is 0 Å². The van der Waals surface area contributed by atoms with Gasteiger partial charge in [0.05, 0.1) is 6.61 Å². The number of nitrogens with zero attached hydrogens (tertiary/aromatic N) is 3. The van der Waals surface area contributed by atoms with Crippen LogP contribution in [-0.4, -0.2) is 46.4 Å². The quantitative estimate of drug-likeness (QED) is 0.224. The van der Waals surface area contributed by atoms with E-state index >= 15 is 0 Å². The number of ether oxygens (including phenoxy) is 1. The largest absolute Gasteiger partial charge is 0.385 e. The zero-order valence-electron chi connectivity index (χ0n) is 19.7. The first kappa shape index (κ1) is 24.6. The smallest absolute Gasteiger partial charge is 0.294 e. The highest BCUT2D eigenvalue weighted by Crippen LogP contribution is 2.30. The molecule has 9 heteroatoms. The molecule has 0 saturated heterocycles. The van der Waals surface area contributed by atoms with Gasteiger partial charge in [0.15, 0.2) is 0 Å². The molecule has 2 N–H and O–H groups in total. The Labute approximate surface area is 208 Å². The summed E-state index contributed by atoms with van der Waals surface area (Å²) in [6.07, 6.45) is 3.08. The van der Waals surface area contributed by atoms with Crippen molar-refractivity contribution in [3.05, 3.63) is 89.6 Å². The monoisotopic (exact) mass is 489 g/mol. The molecule has 35 heavy (non-hydrogen) atoms. The lowest BCUT2D eigenvalue weighted by molar-refractivity contribution is 0.101. The van der Waals surface area contributed by atoms with E-state index in [0.717, 1.165) is 33.6 Å². The lowest BCUT2D eigenvalue weighted by Crippen LogP contribution is -2.14. The van der Waals surface area contributed by atoms with Gasteiger partial charge in [0.2, 0.25) is 5.82 Å². The van der Waals surface area contributed by atoms with Crippen LogP contribution in [0.25, 0.3) is 11.1 Å². The number of aryl methyl sites for hydroxylation is 1. The lowest BCUT2D eigenvalue weighted by Gasteiger charge is -2.10. The highest BCUT2D eigenvalue weighted by atomic mass is 32.2. The second-order valence-electron chi connectivity index (χ2n) is 7.89. The maximum atomic E-state index is 12.7. The zero-order valence-corrected chi connectivity index (χ0v) is 20.5. The number of methoxy groups -OCH3 is 1. The molecule has 180 valence electrons. The predicted octanol–water partition coefficient (Wildman–Crippen LogP) is 5.08. The van der Waals surface area contributed by atoms with Crippen molar-refractivity contribution in [2.24, 2.45) is 0 Å². The molecule has 0 saturated carbocycles. The SMILES string of the molecule is COCCCOSc1ccc(C)c(-c2ccnc(NC(=O)c3nnc(Cc4ccccc4)[nH]3)c2)c1. The van der Waals surface area contributed by atoms with Gasteiger partial charge in [-0.05, 0) is 59.9 Å². The fourth-order valence-electron chi connectivity index (χ4n) is 3.45. The van der Waals surface area contributed by atoms with E-state index in [2.05, 4.69) is 37.6 Å². The zero-order chi connectivity index (χ0) is 24.5. The first-order valence-electron chi connectivity index (χ1n) is 11.2. The van der Waals surface area contributed by atoms with Gasteiger partial charge in [-0.1, -0.05) is 36.4 Å². The maximum absolute atomic E-state index is 12.7. The fraction of sp³-hybridized carbons (Fsp3) is 0.231. The summed E-state index contributed by atoms with van der Waals surface area (Å²) in [6.45, 7) is 3.33. The number of amides is 1. The number of aromatic amines is 1. The third-order valence-electron chi connectivity index (χ3n) is 5.22. The van der Waals surface area contributed by atoms with E-state index in [1.807, 2.05) is 55.5 Å². The van der Waals surface area contributed by atoms with Crippen molar-refractivity contribution in [3.8, 4) is 11.1 Å². The number of hydrogen-bond donors (Lipinski definition) is 2. The van der Waals surface area contributed by atoms with Gasteiger partial charge in [-0.25, -0.2) is 4.98 Å². The van der Waals surface area contributed by atoms with E-state index in [9.17, 15) is 4.79 Å². The molecule has 0 bridgehead atoms. The third-order valence-corrected chi connectivity index (χ3v) is 5.95. The van der Waals surface area contributed by atoms with Crippen LogP contribution < -0.4 is 5.32 Å². The first-order valence-corrected chi connectivity index (χ1v) is 12.0. The van der Waals surface area contributed by atoms with Gasteiger partial charge in [-0.15, -0.1) is 10.2 Å². The Balaban J connectivity index is 1.42. The van der Waals surface area contributed by atoms with Crippen LogP contribution in [0.15, 0.2) is 71.8 Å². The van der Waals surface area contributed by atoms with Gasteiger partial charge in [-0.2, -0.15) is 0 Å². The van der Waals surface area contributed by atoms with Crippen molar-refractivity contribution >= 4 is 23.8 Å². The number of aromatic nitrogens is 4. The summed E-state index contributed by atoms with van der Waals surface area (Å²) >= 11 is 1.34. The van der Waals surface area contributed by atoms with E-state index in [-0.39, 0.29) is 5.82 Å². The summed E-state index contributed by atoms with van der Waals surface area (Å²) in [6, 6.07) is 19.8. The molecular weight excluding hydrogens is 462 g/mol. The van der Waals surface area contributed by atoms with Crippen molar-refractivity contribution in [1.29, 1.82) is 0 Å². The highest BCUT2D eigenvalue weighted by molar-refractivity contribution is 7.94. The van der Waals surface area contributed by atoms with E-state index in [4.69, 9.17) is 8.92 Å². The van der Waals surface area contributed by atoms with E-state index in [1.54, 1.807) is 13.3 Å². The van der Waals surface area contributed by atoms with Crippen LogP contribution in [0.2, 0.25) is 0 Å².